The lowest BCUT2D eigenvalue weighted by molar-refractivity contribution is 0.0382. The van der Waals surface area contributed by atoms with Crippen LogP contribution in [0.5, 0.6) is 0 Å². The van der Waals surface area contributed by atoms with Crippen LogP contribution < -0.4 is 5.32 Å². The number of piperidine rings is 1. The molecule has 1 unspecified atom stereocenters. The second-order valence-corrected chi connectivity index (χ2v) is 6.94. The fourth-order valence-corrected chi connectivity index (χ4v) is 4.74. The van der Waals surface area contributed by atoms with Crippen molar-refractivity contribution in [3.8, 4) is 0 Å². The first kappa shape index (κ1) is 15.1. The highest BCUT2D eigenvalue weighted by molar-refractivity contribution is 5.32. The molecule has 1 saturated heterocycles. The highest BCUT2D eigenvalue weighted by Gasteiger charge is 2.46. The molecule has 1 atom stereocenters. The number of benzene rings is 1. The minimum absolute atomic E-state index is 0.348. The van der Waals surface area contributed by atoms with Gasteiger partial charge < -0.3 is 5.32 Å². The zero-order valence-corrected chi connectivity index (χ0v) is 13.7. The summed E-state index contributed by atoms with van der Waals surface area (Å²) in [5.74, 6) is 0. The molecule has 0 radical (unpaired) electrons. The van der Waals surface area contributed by atoms with E-state index in [1.54, 1.807) is 0 Å². The van der Waals surface area contributed by atoms with Gasteiger partial charge in [-0.3, -0.25) is 4.90 Å². The maximum absolute atomic E-state index is 3.70. The smallest absolute Gasteiger partial charge is 0.0507 e. The zero-order valence-electron chi connectivity index (χ0n) is 13.7. The average Bonchev–Trinajstić information content (AvgIpc) is 3.01. The van der Waals surface area contributed by atoms with Crippen molar-refractivity contribution in [2.24, 2.45) is 0 Å². The third kappa shape index (κ3) is 2.76. The van der Waals surface area contributed by atoms with Gasteiger partial charge in [-0.25, -0.2) is 0 Å². The van der Waals surface area contributed by atoms with Crippen LogP contribution in [-0.4, -0.2) is 30.6 Å². The van der Waals surface area contributed by atoms with Gasteiger partial charge >= 0.3 is 0 Å². The molecule has 0 aromatic heterocycles. The van der Waals surface area contributed by atoms with Crippen LogP contribution >= 0.6 is 0 Å². The Hall–Kier alpha value is -0.860. The number of hydrogen-bond donors (Lipinski definition) is 1. The van der Waals surface area contributed by atoms with Crippen molar-refractivity contribution in [2.75, 3.05) is 20.1 Å². The van der Waals surface area contributed by atoms with E-state index in [0.717, 1.165) is 0 Å². The van der Waals surface area contributed by atoms with Gasteiger partial charge in [0.1, 0.15) is 0 Å². The quantitative estimate of drug-likeness (QED) is 0.898. The molecule has 1 N–H and O–H groups in total. The van der Waals surface area contributed by atoms with E-state index in [-0.39, 0.29) is 0 Å². The lowest BCUT2D eigenvalue weighted by Gasteiger charge is -2.49. The van der Waals surface area contributed by atoms with Crippen LogP contribution in [0.2, 0.25) is 0 Å². The van der Waals surface area contributed by atoms with Crippen molar-refractivity contribution >= 4 is 0 Å². The Kier molecular flexibility index (Phi) is 4.66. The summed E-state index contributed by atoms with van der Waals surface area (Å²) in [7, 11) is 2.15. The Balaban J connectivity index is 1.96. The molecule has 0 spiro atoms. The third-order valence-corrected chi connectivity index (χ3v) is 5.78. The first-order valence-corrected chi connectivity index (χ1v) is 8.76. The monoisotopic (exact) mass is 286 g/mol. The Morgan fingerprint density at radius 2 is 1.67 bits per heavy atom. The van der Waals surface area contributed by atoms with Gasteiger partial charge in [0.05, 0.1) is 6.04 Å². The number of rotatable bonds is 4. The van der Waals surface area contributed by atoms with Crippen LogP contribution in [0.1, 0.15) is 62.1 Å². The topological polar surface area (TPSA) is 15.3 Å². The lowest BCUT2D eigenvalue weighted by atomic mass is 9.79. The highest BCUT2D eigenvalue weighted by atomic mass is 15.2. The first-order valence-electron chi connectivity index (χ1n) is 8.76. The van der Waals surface area contributed by atoms with Gasteiger partial charge in [0.25, 0.3) is 0 Å². The van der Waals surface area contributed by atoms with Crippen molar-refractivity contribution in [1.29, 1.82) is 0 Å². The van der Waals surface area contributed by atoms with E-state index >= 15 is 0 Å². The molecule has 21 heavy (non-hydrogen) atoms. The second-order valence-electron chi connectivity index (χ2n) is 6.94. The predicted molar refractivity (Wildman–Crippen MR) is 89.6 cm³/mol. The Morgan fingerprint density at radius 1 is 1.00 bits per heavy atom. The number of nitrogens with one attached hydrogen (secondary N) is 1. The first-order chi connectivity index (χ1) is 10.3. The Bertz CT molecular complexity index is 456. The van der Waals surface area contributed by atoms with Crippen LogP contribution in [-0.2, 0) is 0 Å². The molecule has 1 aliphatic carbocycles. The fraction of sp³-hybridized carbons (Fsp3) is 0.684. The van der Waals surface area contributed by atoms with Crippen molar-refractivity contribution in [1.82, 2.24) is 10.2 Å². The maximum atomic E-state index is 3.70. The summed E-state index contributed by atoms with van der Waals surface area (Å²) in [5.41, 5.74) is 3.29. The van der Waals surface area contributed by atoms with E-state index in [2.05, 4.69) is 48.5 Å². The predicted octanol–water partition coefficient (Wildman–Crippen LogP) is 4.05. The average molecular weight is 286 g/mol. The molecule has 2 nitrogen and oxygen atoms in total. The van der Waals surface area contributed by atoms with Crippen molar-refractivity contribution < 1.29 is 0 Å². The van der Waals surface area contributed by atoms with Gasteiger partial charge in [-0.15, -0.1) is 0 Å². The highest BCUT2D eigenvalue weighted by Crippen LogP contribution is 2.46. The maximum Gasteiger partial charge on any atom is 0.0507 e. The van der Waals surface area contributed by atoms with Gasteiger partial charge in [0.15, 0.2) is 0 Å². The Morgan fingerprint density at radius 3 is 2.29 bits per heavy atom. The molecule has 2 fully saturated rings. The molecule has 0 bridgehead atoms. The normalized spacial score (nSPS) is 24.1. The summed E-state index contributed by atoms with van der Waals surface area (Å²) in [6, 6.07) is 9.43. The molecule has 1 heterocycles. The van der Waals surface area contributed by atoms with E-state index in [1.165, 1.54) is 69.2 Å². The number of nitrogens with zero attached hydrogens (tertiary/aromatic N) is 1. The standard InChI is InChI=1S/C19H30N2/c1-16-10-4-5-11-17(16)18(20-2)19(12-6-7-13-19)21-14-8-3-9-15-21/h4-5,10-11,18,20H,3,6-9,12-15H2,1-2H3. The summed E-state index contributed by atoms with van der Waals surface area (Å²) in [4.78, 5) is 2.83. The van der Waals surface area contributed by atoms with Crippen LogP contribution in [0.25, 0.3) is 0 Å². The molecule has 1 aromatic carbocycles. The van der Waals surface area contributed by atoms with Crippen LogP contribution in [0.3, 0.4) is 0 Å². The minimum Gasteiger partial charge on any atom is -0.311 e. The lowest BCUT2D eigenvalue weighted by Crippen LogP contribution is -2.56. The molecule has 0 amide bonds. The Labute approximate surface area is 129 Å². The van der Waals surface area contributed by atoms with Crippen LogP contribution in [0, 0.1) is 6.92 Å². The number of hydrogen-bond acceptors (Lipinski definition) is 2. The summed E-state index contributed by atoms with van der Waals surface area (Å²) in [5, 5.41) is 3.70. The van der Waals surface area contributed by atoms with Gasteiger partial charge in [-0.2, -0.15) is 0 Å². The summed E-state index contributed by atoms with van der Waals surface area (Å²) >= 11 is 0. The largest absolute Gasteiger partial charge is 0.311 e. The molecular weight excluding hydrogens is 256 g/mol. The number of likely N-dealkylation sites (N-methyl/N-ethyl adjacent to an activating group) is 1. The summed E-state index contributed by atoms with van der Waals surface area (Å²) < 4.78 is 0. The molecule has 1 aliphatic heterocycles. The van der Waals surface area contributed by atoms with Crippen molar-refractivity contribution in [2.45, 2.75) is 63.5 Å². The molecular formula is C19H30N2. The zero-order chi connectivity index (χ0) is 14.7. The third-order valence-electron chi connectivity index (χ3n) is 5.78. The molecule has 2 aliphatic rings. The van der Waals surface area contributed by atoms with E-state index in [4.69, 9.17) is 0 Å². The molecule has 3 rings (SSSR count). The summed E-state index contributed by atoms with van der Waals surface area (Å²) in [6.07, 6.45) is 9.67. The van der Waals surface area contributed by atoms with E-state index < -0.39 is 0 Å². The number of aryl methyl sites for hydroxylation is 1. The SMILES string of the molecule is CNC(c1ccccc1C)C1(N2CCCCC2)CCCC1. The fourth-order valence-electron chi connectivity index (χ4n) is 4.74. The molecule has 1 saturated carbocycles. The van der Waals surface area contributed by atoms with E-state index in [1.807, 2.05) is 0 Å². The minimum atomic E-state index is 0.348. The van der Waals surface area contributed by atoms with Gasteiger partial charge in [0.2, 0.25) is 0 Å². The van der Waals surface area contributed by atoms with Gasteiger partial charge in [0, 0.05) is 5.54 Å². The van der Waals surface area contributed by atoms with E-state index in [9.17, 15) is 0 Å². The van der Waals surface area contributed by atoms with Crippen molar-refractivity contribution in [3.63, 3.8) is 0 Å². The van der Waals surface area contributed by atoms with Gasteiger partial charge in [-0.05, 0) is 63.9 Å². The van der Waals surface area contributed by atoms with Gasteiger partial charge in [-0.1, -0.05) is 43.5 Å². The van der Waals surface area contributed by atoms with Crippen molar-refractivity contribution in [3.05, 3.63) is 35.4 Å². The molecule has 1 aromatic rings. The molecule has 2 heteroatoms. The van der Waals surface area contributed by atoms with E-state index in [0.29, 0.717) is 11.6 Å². The number of likely N-dealkylation sites (tertiary alicyclic amines) is 1. The van der Waals surface area contributed by atoms with Crippen LogP contribution in [0.15, 0.2) is 24.3 Å². The summed E-state index contributed by atoms with van der Waals surface area (Å²) in [6.45, 7) is 4.85. The van der Waals surface area contributed by atoms with Crippen LogP contribution in [0.4, 0.5) is 0 Å². The second kappa shape index (κ2) is 6.50. The molecule has 116 valence electrons.